The van der Waals surface area contributed by atoms with Crippen LogP contribution in [-0.2, 0) is 4.79 Å². The average Bonchev–Trinajstić information content (AvgIpc) is 3.40. The summed E-state index contributed by atoms with van der Waals surface area (Å²) in [6.45, 7) is 2.54. The van der Waals surface area contributed by atoms with Crippen LogP contribution in [0.1, 0.15) is 43.2 Å². The number of aromatic amines is 2. The third-order valence-electron chi connectivity index (χ3n) is 5.77. The first-order valence-corrected chi connectivity index (χ1v) is 9.86. The molecule has 4 aromatic rings. The summed E-state index contributed by atoms with van der Waals surface area (Å²) in [5.41, 5.74) is 2.23. The Labute approximate surface area is 166 Å². The lowest BCUT2D eigenvalue weighted by Gasteiger charge is -2.26. The van der Waals surface area contributed by atoms with E-state index >= 15 is 0 Å². The normalized spacial score (nSPS) is 17.8. The quantitative estimate of drug-likeness (QED) is 0.564. The molecule has 29 heavy (non-hydrogen) atoms. The van der Waals surface area contributed by atoms with Gasteiger partial charge < -0.3 is 9.88 Å². The highest BCUT2D eigenvalue weighted by atomic mass is 16.2. The Balaban J connectivity index is 1.49. The number of para-hydroxylation sites is 2. The van der Waals surface area contributed by atoms with Gasteiger partial charge in [-0.05, 0) is 38.0 Å². The molecule has 1 amide bonds. The molecule has 2 N–H and O–H groups in total. The van der Waals surface area contributed by atoms with Crippen LogP contribution in [0.15, 0.2) is 53.3 Å². The van der Waals surface area contributed by atoms with E-state index in [1.54, 1.807) is 6.07 Å². The number of fused-ring (bicyclic) bond motifs is 2. The van der Waals surface area contributed by atoms with Crippen molar-refractivity contribution in [3.05, 3.63) is 70.4 Å². The number of aromatic nitrogens is 4. The van der Waals surface area contributed by atoms with Crippen LogP contribution in [-0.4, -0.2) is 37.5 Å². The molecule has 146 valence electrons. The third kappa shape index (κ3) is 2.90. The standard InChI is InChI=1S/C22H21N5O2/c1-13(19-14-7-2-3-8-15(14)21(28)26-25-19)22(29)27-12-6-11-18(27)20-23-16-9-4-5-10-17(16)24-20/h2-5,7-10,13,18H,6,11-12H2,1H3,(H,23,24)(H,26,28)/t13-,18-/m1/s1. The second kappa shape index (κ2) is 6.84. The Hall–Kier alpha value is -3.48. The number of imidazole rings is 1. The van der Waals surface area contributed by atoms with Gasteiger partial charge in [0.15, 0.2) is 0 Å². The van der Waals surface area contributed by atoms with Gasteiger partial charge in [0, 0.05) is 11.9 Å². The van der Waals surface area contributed by atoms with Crippen molar-refractivity contribution in [1.29, 1.82) is 0 Å². The number of hydrogen-bond donors (Lipinski definition) is 2. The van der Waals surface area contributed by atoms with E-state index in [4.69, 9.17) is 4.98 Å². The number of carbonyl (C=O) groups is 1. The number of benzene rings is 2. The molecule has 7 heteroatoms. The van der Waals surface area contributed by atoms with Crippen molar-refractivity contribution in [2.45, 2.75) is 31.7 Å². The molecule has 3 heterocycles. The molecule has 0 aliphatic carbocycles. The monoisotopic (exact) mass is 387 g/mol. The van der Waals surface area contributed by atoms with Gasteiger partial charge in [-0.3, -0.25) is 9.59 Å². The first kappa shape index (κ1) is 17.6. The number of hydrogen-bond acceptors (Lipinski definition) is 4. The second-order valence-corrected chi connectivity index (χ2v) is 7.53. The third-order valence-corrected chi connectivity index (χ3v) is 5.77. The lowest BCUT2D eigenvalue weighted by molar-refractivity contribution is -0.133. The maximum absolute atomic E-state index is 13.4. The van der Waals surface area contributed by atoms with Gasteiger partial charge in [0.25, 0.3) is 5.56 Å². The Bertz CT molecular complexity index is 1240. The minimum absolute atomic E-state index is 0.00217. The van der Waals surface area contributed by atoms with E-state index in [0.29, 0.717) is 17.6 Å². The topological polar surface area (TPSA) is 94.7 Å². The van der Waals surface area contributed by atoms with E-state index in [-0.39, 0.29) is 17.5 Å². The zero-order chi connectivity index (χ0) is 20.0. The van der Waals surface area contributed by atoms with Gasteiger partial charge in [-0.15, -0.1) is 0 Å². The molecule has 7 nitrogen and oxygen atoms in total. The van der Waals surface area contributed by atoms with Crippen LogP contribution in [0.5, 0.6) is 0 Å². The molecule has 0 spiro atoms. The van der Waals surface area contributed by atoms with Gasteiger partial charge in [0.2, 0.25) is 5.91 Å². The van der Waals surface area contributed by atoms with Crippen LogP contribution in [0.25, 0.3) is 21.8 Å². The zero-order valence-corrected chi connectivity index (χ0v) is 16.1. The molecular weight excluding hydrogens is 366 g/mol. The number of nitrogens with one attached hydrogen (secondary N) is 2. The van der Waals surface area contributed by atoms with Crippen molar-refractivity contribution in [1.82, 2.24) is 25.1 Å². The molecule has 0 unspecified atom stereocenters. The lowest BCUT2D eigenvalue weighted by Crippen LogP contribution is -2.35. The summed E-state index contributed by atoms with van der Waals surface area (Å²) in [4.78, 5) is 35.5. The predicted molar refractivity (Wildman–Crippen MR) is 111 cm³/mol. The Morgan fingerprint density at radius 2 is 1.90 bits per heavy atom. The van der Waals surface area contributed by atoms with Gasteiger partial charge in [-0.2, -0.15) is 5.10 Å². The maximum Gasteiger partial charge on any atom is 0.272 e. The largest absolute Gasteiger partial charge is 0.340 e. The predicted octanol–water partition coefficient (Wildman–Crippen LogP) is 3.27. The van der Waals surface area contributed by atoms with Crippen molar-refractivity contribution in [3.8, 4) is 0 Å². The van der Waals surface area contributed by atoms with Crippen LogP contribution < -0.4 is 5.56 Å². The molecule has 1 aliphatic rings. The molecule has 5 rings (SSSR count). The molecule has 2 aromatic heterocycles. The average molecular weight is 387 g/mol. The van der Waals surface area contributed by atoms with Crippen molar-refractivity contribution in [2.75, 3.05) is 6.54 Å². The Morgan fingerprint density at radius 1 is 1.14 bits per heavy atom. The van der Waals surface area contributed by atoms with Crippen molar-refractivity contribution < 1.29 is 4.79 Å². The van der Waals surface area contributed by atoms with E-state index in [2.05, 4.69) is 15.2 Å². The smallest absolute Gasteiger partial charge is 0.272 e. The number of amides is 1. The molecule has 1 aliphatic heterocycles. The summed E-state index contributed by atoms with van der Waals surface area (Å²) in [6, 6.07) is 15.1. The zero-order valence-electron chi connectivity index (χ0n) is 16.1. The molecule has 1 saturated heterocycles. The number of nitrogens with zero attached hydrogens (tertiary/aromatic N) is 3. The number of carbonyl (C=O) groups excluding carboxylic acids is 1. The minimum atomic E-state index is -0.471. The van der Waals surface area contributed by atoms with Gasteiger partial charge >= 0.3 is 0 Å². The van der Waals surface area contributed by atoms with E-state index in [1.165, 1.54) is 0 Å². The van der Waals surface area contributed by atoms with E-state index in [9.17, 15) is 9.59 Å². The summed E-state index contributed by atoms with van der Waals surface area (Å²) < 4.78 is 0. The number of likely N-dealkylation sites (tertiary alicyclic amines) is 1. The van der Waals surface area contributed by atoms with E-state index in [0.717, 1.165) is 35.1 Å². The van der Waals surface area contributed by atoms with Crippen LogP contribution in [0.3, 0.4) is 0 Å². The first-order valence-electron chi connectivity index (χ1n) is 9.86. The van der Waals surface area contributed by atoms with Crippen molar-refractivity contribution >= 4 is 27.7 Å². The van der Waals surface area contributed by atoms with Crippen molar-refractivity contribution in [3.63, 3.8) is 0 Å². The summed E-state index contributed by atoms with van der Waals surface area (Å²) in [5, 5.41) is 8.03. The van der Waals surface area contributed by atoms with E-state index < -0.39 is 5.92 Å². The summed E-state index contributed by atoms with van der Waals surface area (Å²) in [5.74, 6) is 0.350. The molecule has 0 bridgehead atoms. The highest BCUT2D eigenvalue weighted by Gasteiger charge is 2.35. The van der Waals surface area contributed by atoms with Gasteiger partial charge in [0.05, 0.1) is 34.1 Å². The van der Waals surface area contributed by atoms with Crippen LogP contribution in [0, 0.1) is 0 Å². The maximum atomic E-state index is 13.4. The number of H-pyrrole nitrogens is 2. The summed E-state index contributed by atoms with van der Waals surface area (Å²) >= 11 is 0. The summed E-state index contributed by atoms with van der Waals surface area (Å²) in [7, 11) is 0. The first-order chi connectivity index (χ1) is 14.1. The van der Waals surface area contributed by atoms with Gasteiger partial charge in [-0.25, -0.2) is 10.1 Å². The Morgan fingerprint density at radius 3 is 2.72 bits per heavy atom. The molecular formula is C22H21N5O2. The van der Waals surface area contributed by atoms with Gasteiger partial charge in [0.1, 0.15) is 5.82 Å². The Kier molecular flexibility index (Phi) is 4.16. The van der Waals surface area contributed by atoms with Gasteiger partial charge in [-0.1, -0.05) is 30.3 Å². The fourth-order valence-corrected chi connectivity index (χ4v) is 4.28. The molecule has 1 fully saturated rings. The molecule has 2 atom stereocenters. The number of rotatable bonds is 3. The lowest BCUT2D eigenvalue weighted by atomic mass is 10.00. The van der Waals surface area contributed by atoms with Crippen LogP contribution in [0.4, 0.5) is 0 Å². The second-order valence-electron chi connectivity index (χ2n) is 7.53. The molecule has 2 aromatic carbocycles. The fourth-order valence-electron chi connectivity index (χ4n) is 4.28. The molecule has 0 radical (unpaired) electrons. The minimum Gasteiger partial charge on any atom is -0.340 e. The van der Waals surface area contributed by atoms with Crippen molar-refractivity contribution in [2.24, 2.45) is 0 Å². The highest BCUT2D eigenvalue weighted by molar-refractivity contribution is 5.91. The van der Waals surface area contributed by atoms with Crippen LogP contribution >= 0.6 is 0 Å². The van der Waals surface area contributed by atoms with Crippen LogP contribution in [0.2, 0.25) is 0 Å². The summed E-state index contributed by atoms with van der Waals surface area (Å²) in [6.07, 6.45) is 1.80. The molecule has 0 saturated carbocycles. The SMILES string of the molecule is C[C@@H](C(=O)N1CCC[C@@H]1c1nc2ccccc2[nH]1)c1n[nH]c(=O)c2ccccc12. The van der Waals surface area contributed by atoms with E-state index in [1.807, 2.05) is 54.3 Å². The highest BCUT2D eigenvalue weighted by Crippen LogP contribution is 2.34. The fraction of sp³-hybridized carbons (Fsp3) is 0.273.